The fraction of sp³-hybridized carbons (Fsp3) is 0.250. The number of rotatable bonds is 5. The highest BCUT2D eigenvalue weighted by molar-refractivity contribution is 7.89. The van der Waals surface area contributed by atoms with Crippen molar-refractivity contribution in [2.45, 2.75) is 11.8 Å². The number of aromatic amines is 1. The summed E-state index contributed by atoms with van der Waals surface area (Å²) in [4.78, 5) is 26.9. The average Bonchev–Trinajstić information content (AvgIpc) is 3.45. The summed E-state index contributed by atoms with van der Waals surface area (Å²) in [7, 11) is -3.68. The number of amides is 1. The molecule has 0 bridgehead atoms. The van der Waals surface area contributed by atoms with Crippen LogP contribution in [-0.2, 0) is 10.0 Å². The molecule has 30 heavy (non-hydrogen) atoms. The largest absolute Gasteiger partial charge is 0.335 e. The summed E-state index contributed by atoms with van der Waals surface area (Å²) in [6.07, 6.45) is 0. The molecule has 3 heterocycles. The van der Waals surface area contributed by atoms with E-state index in [1.54, 1.807) is 22.3 Å². The topological polar surface area (TPSA) is 103 Å². The van der Waals surface area contributed by atoms with Gasteiger partial charge in [0.1, 0.15) is 0 Å². The zero-order valence-corrected chi connectivity index (χ0v) is 17.9. The number of benzene rings is 1. The van der Waals surface area contributed by atoms with Crippen molar-refractivity contribution in [1.82, 2.24) is 19.4 Å². The Bertz CT molecular complexity index is 1160. The van der Waals surface area contributed by atoms with Crippen LogP contribution < -0.4 is 0 Å². The number of Topliss-reactive ketones (excluding diaryl/α,β-unsaturated/α-hetero) is 1. The van der Waals surface area contributed by atoms with Gasteiger partial charge in [-0.2, -0.15) is 9.40 Å². The molecule has 2 aromatic heterocycles. The molecule has 1 fully saturated rings. The van der Waals surface area contributed by atoms with Crippen molar-refractivity contribution >= 4 is 33.1 Å². The Hall–Kier alpha value is -2.82. The zero-order valence-electron chi connectivity index (χ0n) is 16.2. The van der Waals surface area contributed by atoms with Crippen LogP contribution in [0.15, 0.2) is 52.7 Å². The van der Waals surface area contributed by atoms with Crippen molar-refractivity contribution in [1.29, 1.82) is 0 Å². The van der Waals surface area contributed by atoms with Gasteiger partial charge in [-0.3, -0.25) is 14.7 Å². The lowest BCUT2D eigenvalue weighted by Gasteiger charge is -2.33. The van der Waals surface area contributed by atoms with Crippen molar-refractivity contribution < 1.29 is 18.0 Å². The lowest BCUT2D eigenvalue weighted by Crippen LogP contribution is -2.50. The normalized spacial score (nSPS) is 15.3. The molecule has 156 valence electrons. The standard InChI is InChI=1S/C20H20N4O4S2/c1-14(25)15-4-6-16(7-5-15)30(27,28)24-10-8-23(9-11-24)20(26)18-13-17(21-22-18)19-3-2-12-29-19/h2-7,12-13H,8-11H2,1H3,(H,21,22). The summed E-state index contributed by atoms with van der Waals surface area (Å²) in [5, 5.41) is 8.94. The minimum atomic E-state index is -3.68. The molecule has 0 saturated carbocycles. The first-order chi connectivity index (χ1) is 14.4. The van der Waals surface area contributed by atoms with Crippen LogP contribution in [0.3, 0.4) is 0 Å². The number of carbonyl (C=O) groups is 2. The Morgan fingerprint density at radius 1 is 1.07 bits per heavy atom. The molecule has 1 aromatic carbocycles. The molecule has 8 nitrogen and oxygen atoms in total. The maximum Gasteiger partial charge on any atom is 0.274 e. The van der Waals surface area contributed by atoms with Gasteiger partial charge in [0.2, 0.25) is 10.0 Å². The predicted molar refractivity (Wildman–Crippen MR) is 113 cm³/mol. The van der Waals surface area contributed by atoms with E-state index in [0.29, 0.717) is 11.3 Å². The first-order valence-corrected chi connectivity index (χ1v) is 11.7. The average molecular weight is 445 g/mol. The number of aromatic nitrogens is 2. The highest BCUT2D eigenvalue weighted by atomic mass is 32.2. The summed E-state index contributed by atoms with van der Waals surface area (Å²) in [5.41, 5.74) is 1.56. The second-order valence-electron chi connectivity index (χ2n) is 6.92. The molecule has 1 aliphatic heterocycles. The van der Waals surface area contributed by atoms with E-state index >= 15 is 0 Å². The molecule has 0 atom stereocenters. The highest BCUT2D eigenvalue weighted by Gasteiger charge is 2.31. The molecule has 4 rings (SSSR count). The first-order valence-electron chi connectivity index (χ1n) is 9.36. The monoisotopic (exact) mass is 444 g/mol. The second-order valence-corrected chi connectivity index (χ2v) is 9.81. The number of nitrogens with zero attached hydrogens (tertiary/aromatic N) is 3. The van der Waals surface area contributed by atoms with E-state index in [1.807, 2.05) is 17.5 Å². The van der Waals surface area contributed by atoms with Crippen molar-refractivity contribution in [3.8, 4) is 10.6 Å². The fourth-order valence-electron chi connectivity index (χ4n) is 3.29. The van der Waals surface area contributed by atoms with Crippen LogP contribution in [0.1, 0.15) is 27.8 Å². The minimum absolute atomic E-state index is 0.119. The van der Waals surface area contributed by atoms with E-state index < -0.39 is 10.0 Å². The van der Waals surface area contributed by atoms with Gasteiger partial charge in [-0.25, -0.2) is 8.42 Å². The smallest absolute Gasteiger partial charge is 0.274 e. The number of hydrogen-bond donors (Lipinski definition) is 1. The lowest BCUT2D eigenvalue weighted by molar-refractivity contribution is 0.0692. The van der Waals surface area contributed by atoms with Crippen LogP contribution in [0.25, 0.3) is 10.6 Å². The van der Waals surface area contributed by atoms with Gasteiger partial charge in [0.25, 0.3) is 5.91 Å². The van der Waals surface area contributed by atoms with Gasteiger partial charge in [-0.1, -0.05) is 18.2 Å². The molecular formula is C20H20N4O4S2. The first kappa shape index (κ1) is 20.5. The molecule has 0 radical (unpaired) electrons. The van der Waals surface area contributed by atoms with E-state index in [0.717, 1.165) is 10.6 Å². The van der Waals surface area contributed by atoms with Crippen molar-refractivity contribution in [2.24, 2.45) is 0 Å². The van der Waals surface area contributed by atoms with E-state index in [2.05, 4.69) is 10.2 Å². The third kappa shape index (κ3) is 3.93. The van der Waals surface area contributed by atoms with Gasteiger partial charge in [0.15, 0.2) is 11.5 Å². The van der Waals surface area contributed by atoms with Gasteiger partial charge in [-0.05, 0) is 36.6 Å². The third-order valence-corrected chi connectivity index (χ3v) is 7.82. The maximum absolute atomic E-state index is 12.9. The van der Waals surface area contributed by atoms with E-state index in [9.17, 15) is 18.0 Å². The quantitative estimate of drug-likeness (QED) is 0.609. The summed E-state index contributed by atoms with van der Waals surface area (Å²) < 4.78 is 27.1. The molecule has 1 saturated heterocycles. The molecule has 3 aromatic rings. The number of H-pyrrole nitrogens is 1. The third-order valence-electron chi connectivity index (χ3n) is 5.01. The lowest BCUT2D eigenvalue weighted by atomic mass is 10.2. The van der Waals surface area contributed by atoms with Crippen LogP contribution in [0.4, 0.5) is 0 Å². The Morgan fingerprint density at radius 2 is 1.77 bits per heavy atom. The Morgan fingerprint density at radius 3 is 2.37 bits per heavy atom. The Balaban J connectivity index is 1.42. The molecule has 0 spiro atoms. The summed E-state index contributed by atoms with van der Waals surface area (Å²) in [6, 6.07) is 11.5. The number of hydrogen-bond acceptors (Lipinski definition) is 6. The van der Waals surface area contributed by atoms with Crippen molar-refractivity contribution in [3.63, 3.8) is 0 Å². The molecule has 0 aliphatic carbocycles. The minimum Gasteiger partial charge on any atom is -0.335 e. The molecular weight excluding hydrogens is 424 g/mol. The Kier molecular flexibility index (Phi) is 5.54. The number of piperazine rings is 1. The Labute approximate surface area is 178 Å². The molecule has 1 aliphatic rings. The van der Waals surface area contributed by atoms with Crippen LogP contribution in [0.2, 0.25) is 0 Å². The van der Waals surface area contributed by atoms with Gasteiger partial charge in [0.05, 0.1) is 15.5 Å². The number of sulfonamides is 1. The van der Waals surface area contributed by atoms with Gasteiger partial charge < -0.3 is 4.90 Å². The summed E-state index contributed by atoms with van der Waals surface area (Å²) in [6.45, 7) is 2.40. The van der Waals surface area contributed by atoms with E-state index in [1.165, 1.54) is 35.5 Å². The number of nitrogens with one attached hydrogen (secondary N) is 1. The molecule has 1 N–H and O–H groups in total. The maximum atomic E-state index is 12.9. The highest BCUT2D eigenvalue weighted by Crippen LogP contribution is 2.24. The second kappa shape index (κ2) is 8.13. The van der Waals surface area contributed by atoms with Crippen molar-refractivity contribution in [3.05, 3.63) is 59.1 Å². The van der Waals surface area contributed by atoms with Gasteiger partial charge in [-0.15, -0.1) is 11.3 Å². The van der Waals surface area contributed by atoms with Crippen LogP contribution in [-0.4, -0.2) is 65.7 Å². The van der Waals surface area contributed by atoms with Crippen LogP contribution in [0.5, 0.6) is 0 Å². The van der Waals surface area contributed by atoms with Crippen LogP contribution >= 0.6 is 11.3 Å². The molecule has 1 amide bonds. The zero-order chi connectivity index (χ0) is 21.3. The summed E-state index contributed by atoms with van der Waals surface area (Å²) in [5.74, 6) is -0.344. The van der Waals surface area contributed by atoms with E-state index in [4.69, 9.17) is 0 Å². The predicted octanol–water partition coefficient (Wildman–Crippen LogP) is 2.49. The number of carbonyl (C=O) groups excluding carboxylic acids is 2. The number of ketones is 1. The van der Waals surface area contributed by atoms with Crippen LogP contribution in [0, 0.1) is 0 Å². The molecule has 10 heteroatoms. The fourth-order valence-corrected chi connectivity index (χ4v) is 5.41. The summed E-state index contributed by atoms with van der Waals surface area (Å²) >= 11 is 1.55. The number of thiophene rings is 1. The SMILES string of the molecule is CC(=O)c1ccc(S(=O)(=O)N2CCN(C(=O)c3cc(-c4cccs4)[nH]n3)CC2)cc1. The van der Waals surface area contributed by atoms with Gasteiger partial charge >= 0.3 is 0 Å². The van der Waals surface area contributed by atoms with Crippen molar-refractivity contribution in [2.75, 3.05) is 26.2 Å². The van der Waals surface area contributed by atoms with E-state index in [-0.39, 0.29) is 42.8 Å². The molecule has 0 unspecified atom stereocenters. The van der Waals surface area contributed by atoms with Gasteiger partial charge in [0, 0.05) is 31.7 Å².